The third-order valence-electron chi connectivity index (χ3n) is 7.45. The summed E-state index contributed by atoms with van der Waals surface area (Å²) in [5.41, 5.74) is 15.5. The van der Waals surface area contributed by atoms with Crippen LogP contribution < -0.4 is 15.4 Å². The largest absolute Gasteiger partial charge is 0.497 e. The summed E-state index contributed by atoms with van der Waals surface area (Å²) in [6.45, 7) is 5.69. The van der Waals surface area contributed by atoms with Crippen LogP contribution in [0.5, 0.6) is 5.75 Å². The summed E-state index contributed by atoms with van der Waals surface area (Å²) in [6, 6.07) is 25.9. The lowest BCUT2D eigenvalue weighted by molar-refractivity contribution is 0.0697. The average molecular weight is 520 g/mol. The van der Waals surface area contributed by atoms with Crippen molar-refractivity contribution in [1.29, 1.82) is 5.41 Å². The lowest BCUT2D eigenvalue weighted by Gasteiger charge is -2.23. The number of aryl methyl sites for hydroxylation is 2. The number of carbonyl (C=O) groups is 1. The summed E-state index contributed by atoms with van der Waals surface area (Å²) in [5, 5.41) is 17.9. The number of methoxy groups -OCH3 is 1. The zero-order chi connectivity index (χ0) is 27.7. The molecule has 0 aliphatic carbocycles. The van der Waals surface area contributed by atoms with Crippen molar-refractivity contribution in [1.82, 2.24) is 0 Å². The lowest BCUT2D eigenvalue weighted by Crippen LogP contribution is -2.22. The molecule has 1 atom stereocenters. The van der Waals surface area contributed by atoms with Crippen molar-refractivity contribution in [2.24, 2.45) is 5.73 Å². The molecule has 0 amide bonds. The normalized spacial score (nSPS) is 14.2. The molecule has 5 rings (SSSR count). The van der Waals surface area contributed by atoms with Crippen molar-refractivity contribution in [3.63, 3.8) is 0 Å². The van der Waals surface area contributed by atoms with Crippen LogP contribution >= 0.6 is 0 Å². The monoisotopic (exact) mass is 519 g/mol. The van der Waals surface area contributed by atoms with Gasteiger partial charge in [0.15, 0.2) is 0 Å². The van der Waals surface area contributed by atoms with Crippen LogP contribution in [0.1, 0.15) is 49.7 Å². The van der Waals surface area contributed by atoms with Gasteiger partial charge >= 0.3 is 5.97 Å². The summed E-state index contributed by atoms with van der Waals surface area (Å²) in [6.07, 6.45) is 0.886. The van der Waals surface area contributed by atoms with E-state index in [0.717, 1.165) is 35.3 Å². The Hall–Kier alpha value is -4.58. The Labute approximate surface area is 229 Å². The number of rotatable bonds is 8. The Balaban J connectivity index is 1.53. The first-order chi connectivity index (χ1) is 18.7. The summed E-state index contributed by atoms with van der Waals surface area (Å²) in [4.78, 5) is 14.5. The summed E-state index contributed by atoms with van der Waals surface area (Å²) in [5.74, 6) is -0.177. The van der Waals surface area contributed by atoms with Crippen LogP contribution in [0.2, 0.25) is 0 Å². The number of nitrogens with zero attached hydrogens (tertiary/aromatic N) is 1. The van der Waals surface area contributed by atoms with Crippen molar-refractivity contribution < 1.29 is 14.6 Å². The van der Waals surface area contributed by atoms with Crippen LogP contribution in [0, 0.1) is 19.3 Å². The fraction of sp³-hybridized carbons (Fsp3) is 0.212. The Kier molecular flexibility index (Phi) is 7.11. The molecule has 0 spiro atoms. The maximum absolute atomic E-state index is 12.1. The minimum atomic E-state index is -0.990. The zero-order valence-electron chi connectivity index (χ0n) is 22.5. The second kappa shape index (κ2) is 10.7. The van der Waals surface area contributed by atoms with E-state index in [1.165, 1.54) is 29.4 Å². The topological polar surface area (TPSA) is 99.6 Å². The Morgan fingerprint density at radius 3 is 2.44 bits per heavy atom. The van der Waals surface area contributed by atoms with Gasteiger partial charge < -0.3 is 20.5 Å². The molecule has 6 heteroatoms. The maximum Gasteiger partial charge on any atom is 0.336 e. The number of hydrogen-bond acceptors (Lipinski definition) is 4. The van der Waals surface area contributed by atoms with Gasteiger partial charge in [0.1, 0.15) is 11.6 Å². The molecular weight excluding hydrogens is 486 g/mol. The van der Waals surface area contributed by atoms with E-state index in [0.29, 0.717) is 17.9 Å². The number of amidine groups is 1. The minimum absolute atomic E-state index is 0.0625. The molecule has 39 heavy (non-hydrogen) atoms. The minimum Gasteiger partial charge on any atom is -0.497 e. The lowest BCUT2D eigenvalue weighted by atomic mass is 9.91. The molecule has 0 saturated heterocycles. The number of carboxylic acid groups (broad SMARTS) is 1. The van der Waals surface area contributed by atoms with Gasteiger partial charge in [-0.25, -0.2) is 4.79 Å². The fourth-order valence-corrected chi connectivity index (χ4v) is 5.78. The molecule has 0 saturated carbocycles. The number of fused-ring (bicyclic) bond motifs is 1. The predicted octanol–water partition coefficient (Wildman–Crippen LogP) is 6.31. The standard InChI is InChI=1S/C33H33N3O3/c1-20-12-21(2)14-22(13-20)15-25-19-36(31-11-8-23(32(34)35)16-29(25)31)18-24-6-4-5-7-27(24)28-10-9-26(39-3)17-30(28)33(37)38/h4-14,16-17,25H,15,18-19H2,1-3H3,(H3,34,35)(H,37,38). The Morgan fingerprint density at radius 2 is 1.74 bits per heavy atom. The summed E-state index contributed by atoms with van der Waals surface area (Å²) < 4.78 is 5.28. The van der Waals surface area contributed by atoms with Crippen molar-refractivity contribution in [3.05, 3.63) is 118 Å². The van der Waals surface area contributed by atoms with Crippen LogP contribution in [-0.4, -0.2) is 30.6 Å². The molecule has 0 aromatic heterocycles. The summed E-state index contributed by atoms with van der Waals surface area (Å²) >= 11 is 0. The first-order valence-electron chi connectivity index (χ1n) is 13.0. The average Bonchev–Trinajstić information content (AvgIpc) is 3.24. The molecule has 4 N–H and O–H groups in total. The number of aromatic carboxylic acids is 1. The second-order valence-corrected chi connectivity index (χ2v) is 10.3. The SMILES string of the molecule is COc1ccc(-c2ccccc2CN2CC(Cc3cc(C)cc(C)c3)c3cc(C(=N)N)ccc32)c(C(=O)O)c1. The van der Waals surface area contributed by atoms with Gasteiger partial charge in [-0.05, 0) is 84.5 Å². The number of ether oxygens (including phenoxy) is 1. The number of carboxylic acids is 1. The third-order valence-corrected chi connectivity index (χ3v) is 7.45. The first-order valence-corrected chi connectivity index (χ1v) is 13.0. The molecule has 0 radical (unpaired) electrons. The van der Waals surface area contributed by atoms with Crippen LogP contribution in [0.3, 0.4) is 0 Å². The molecule has 1 unspecified atom stereocenters. The summed E-state index contributed by atoms with van der Waals surface area (Å²) in [7, 11) is 1.53. The molecule has 198 valence electrons. The second-order valence-electron chi connectivity index (χ2n) is 10.3. The van der Waals surface area contributed by atoms with Crippen molar-refractivity contribution >= 4 is 17.5 Å². The van der Waals surface area contributed by atoms with Crippen LogP contribution in [0.25, 0.3) is 11.1 Å². The van der Waals surface area contributed by atoms with E-state index in [-0.39, 0.29) is 17.3 Å². The number of benzene rings is 4. The highest BCUT2D eigenvalue weighted by Gasteiger charge is 2.30. The predicted molar refractivity (Wildman–Crippen MR) is 156 cm³/mol. The van der Waals surface area contributed by atoms with Gasteiger partial charge in [-0.15, -0.1) is 0 Å². The van der Waals surface area contributed by atoms with E-state index in [1.807, 2.05) is 30.3 Å². The molecule has 4 aromatic rings. The quantitative estimate of drug-likeness (QED) is 0.187. The van der Waals surface area contributed by atoms with Gasteiger partial charge in [0.05, 0.1) is 12.7 Å². The molecule has 4 aromatic carbocycles. The van der Waals surface area contributed by atoms with Gasteiger partial charge in [-0.1, -0.05) is 53.6 Å². The molecule has 1 heterocycles. The molecule has 1 aliphatic rings. The van der Waals surface area contributed by atoms with Crippen LogP contribution in [0.15, 0.2) is 78.9 Å². The highest BCUT2D eigenvalue weighted by Crippen LogP contribution is 2.41. The number of nitrogens with one attached hydrogen (secondary N) is 1. The van der Waals surface area contributed by atoms with E-state index in [1.54, 1.807) is 12.1 Å². The molecule has 0 bridgehead atoms. The van der Waals surface area contributed by atoms with Gasteiger partial charge in [-0.2, -0.15) is 0 Å². The van der Waals surface area contributed by atoms with Crippen LogP contribution in [-0.2, 0) is 13.0 Å². The third kappa shape index (κ3) is 5.36. The smallest absolute Gasteiger partial charge is 0.336 e. The highest BCUT2D eigenvalue weighted by molar-refractivity contribution is 5.97. The molecule has 1 aliphatic heterocycles. The van der Waals surface area contributed by atoms with Crippen molar-refractivity contribution in [3.8, 4) is 16.9 Å². The molecular formula is C33H33N3O3. The van der Waals surface area contributed by atoms with Gasteiger partial charge in [0.25, 0.3) is 0 Å². The zero-order valence-corrected chi connectivity index (χ0v) is 22.5. The molecule has 0 fully saturated rings. The number of hydrogen-bond donors (Lipinski definition) is 3. The number of anilines is 1. The Bertz CT molecular complexity index is 1560. The van der Waals surface area contributed by atoms with Crippen molar-refractivity contribution in [2.45, 2.75) is 32.7 Å². The van der Waals surface area contributed by atoms with Crippen LogP contribution in [0.4, 0.5) is 5.69 Å². The van der Waals surface area contributed by atoms with Gasteiger partial charge in [0.2, 0.25) is 0 Å². The van der Waals surface area contributed by atoms with E-state index in [2.05, 4.69) is 55.1 Å². The van der Waals surface area contributed by atoms with E-state index < -0.39 is 5.97 Å². The Morgan fingerprint density at radius 1 is 1.00 bits per heavy atom. The number of nitrogens with two attached hydrogens (primary N) is 1. The maximum atomic E-state index is 12.1. The van der Waals surface area contributed by atoms with E-state index >= 15 is 0 Å². The van der Waals surface area contributed by atoms with Gasteiger partial charge in [0, 0.05) is 30.3 Å². The molecule has 6 nitrogen and oxygen atoms in total. The number of nitrogen functional groups attached to an aromatic ring is 1. The fourth-order valence-electron chi connectivity index (χ4n) is 5.78. The van der Waals surface area contributed by atoms with Gasteiger partial charge in [-0.3, -0.25) is 5.41 Å². The van der Waals surface area contributed by atoms with E-state index in [9.17, 15) is 9.90 Å². The van der Waals surface area contributed by atoms with E-state index in [4.69, 9.17) is 15.9 Å². The van der Waals surface area contributed by atoms with Crippen molar-refractivity contribution in [2.75, 3.05) is 18.6 Å². The highest BCUT2D eigenvalue weighted by atomic mass is 16.5. The first kappa shape index (κ1) is 26.0.